The van der Waals surface area contributed by atoms with Gasteiger partial charge in [-0.3, -0.25) is 0 Å². The molecule has 0 aromatic heterocycles. The quantitative estimate of drug-likeness (QED) is 0.489. The molecule has 3 N–H and O–H groups in total. The van der Waals surface area contributed by atoms with Gasteiger partial charge in [-0.1, -0.05) is 35.9 Å². The van der Waals surface area contributed by atoms with Gasteiger partial charge in [0.25, 0.3) is 0 Å². The zero-order valence-corrected chi connectivity index (χ0v) is 13.9. The molecule has 0 aliphatic carbocycles. The number of anilines is 2. The summed E-state index contributed by atoms with van der Waals surface area (Å²) in [6.07, 6.45) is 1.38. The van der Waals surface area contributed by atoms with Gasteiger partial charge in [-0.25, -0.2) is 4.79 Å². The highest BCUT2D eigenvalue weighted by molar-refractivity contribution is 6.32. The van der Waals surface area contributed by atoms with E-state index in [2.05, 4.69) is 5.32 Å². The number of nitrogens with one attached hydrogen (secondary N) is 1. The molecule has 0 aliphatic rings. The average molecular weight is 331 g/mol. The molecule has 0 fully saturated rings. The molecule has 2 rings (SSSR count). The van der Waals surface area contributed by atoms with Gasteiger partial charge in [0.2, 0.25) is 0 Å². The van der Waals surface area contributed by atoms with Crippen molar-refractivity contribution >= 4 is 34.6 Å². The Morgan fingerprint density at radius 2 is 2.04 bits per heavy atom. The highest BCUT2D eigenvalue weighted by atomic mass is 35.5. The molecule has 23 heavy (non-hydrogen) atoms. The van der Waals surface area contributed by atoms with Gasteiger partial charge in [-0.05, 0) is 37.6 Å². The van der Waals surface area contributed by atoms with Crippen LogP contribution in [0, 0.1) is 6.92 Å². The van der Waals surface area contributed by atoms with E-state index in [-0.39, 0.29) is 0 Å². The van der Waals surface area contributed by atoms with Gasteiger partial charge in [0.05, 0.1) is 23.7 Å². The number of esters is 1. The first kappa shape index (κ1) is 16.9. The molecule has 0 amide bonds. The number of hydrogen-bond acceptors (Lipinski definition) is 4. The number of nitrogens with two attached hydrogens (primary N) is 1. The summed E-state index contributed by atoms with van der Waals surface area (Å²) in [5.74, 6) is -0.444. The second kappa shape index (κ2) is 7.70. The predicted molar refractivity (Wildman–Crippen MR) is 95.3 cm³/mol. The van der Waals surface area contributed by atoms with Crippen molar-refractivity contribution in [3.8, 4) is 0 Å². The number of aryl methyl sites for hydroxylation is 1. The Morgan fingerprint density at radius 1 is 1.30 bits per heavy atom. The second-order valence-electron chi connectivity index (χ2n) is 5.01. The maximum atomic E-state index is 11.9. The Labute approximate surface area is 140 Å². The molecule has 4 nitrogen and oxygen atoms in total. The van der Waals surface area contributed by atoms with Crippen LogP contribution in [0.3, 0.4) is 0 Å². The molecule has 5 heteroatoms. The van der Waals surface area contributed by atoms with Crippen LogP contribution in [-0.4, -0.2) is 12.6 Å². The maximum Gasteiger partial charge on any atom is 0.332 e. The van der Waals surface area contributed by atoms with Crippen LogP contribution in [0.4, 0.5) is 11.4 Å². The number of nitrogen functional groups attached to an aromatic ring is 1. The van der Waals surface area contributed by atoms with Gasteiger partial charge in [0.1, 0.15) is 0 Å². The van der Waals surface area contributed by atoms with E-state index >= 15 is 0 Å². The van der Waals surface area contributed by atoms with Crippen molar-refractivity contribution in [3.63, 3.8) is 0 Å². The zero-order valence-electron chi connectivity index (χ0n) is 13.1. The summed E-state index contributed by atoms with van der Waals surface area (Å²) in [4.78, 5) is 11.9. The van der Waals surface area contributed by atoms with Crippen molar-refractivity contribution in [1.82, 2.24) is 0 Å². The first-order chi connectivity index (χ1) is 11.0. The molecule has 0 aliphatic heterocycles. The van der Waals surface area contributed by atoms with Crippen molar-refractivity contribution in [2.45, 2.75) is 13.8 Å². The summed E-state index contributed by atoms with van der Waals surface area (Å²) in [5, 5.41) is 3.70. The van der Waals surface area contributed by atoms with E-state index in [4.69, 9.17) is 22.1 Å². The number of carbonyl (C=O) groups excluding carboxylic acids is 1. The van der Waals surface area contributed by atoms with Crippen LogP contribution in [0.2, 0.25) is 5.02 Å². The molecular formula is C18H19ClN2O2. The Kier molecular flexibility index (Phi) is 5.66. The smallest absolute Gasteiger partial charge is 0.332 e. The molecule has 2 aromatic rings. The highest BCUT2D eigenvalue weighted by Gasteiger charge is 2.11. The van der Waals surface area contributed by atoms with Gasteiger partial charge in [-0.2, -0.15) is 0 Å². The summed E-state index contributed by atoms with van der Waals surface area (Å²) in [6.45, 7) is 4.02. The van der Waals surface area contributed by atoms with Crippen molar-refractivity contribution in [1.29, 1.82) is 0 Å². The monoisotopic (exact) mass is 330 g/mol. The molecule has 120 valence electrons. The fourth-order valence-electron chi connectivity index (χ4n) is 2.10. The standard InChI is InChI=1S/C18H19ClN2O2/c1-3-23-18(22)11-17(13-6-4-5-7-14(13)19)21-16-9-8-12(2)10-15(16)20/h4-11,21H,3,20H2,1-2H3/b17-11+. The van der Waals surface area contributed by atoms with Crippen LogP contribution in [0.25, 0.3) is 5.70 Å². The zero-order chi connectivity index (χ0) is 16.8. The largest absolute Gasteiger partial charge is 0.463 e. The van der Waals surface area contributed by atoms with Gasteiger partial charge < -0.3 is 15.8 Å². The number of hydrogen-bond donors (Lipinski definition) is 2. The fourth-order valence-corrected chi connectivity index (χ4v) is 2.34. The Bertz CT molecular complexity index is 742. The van der Waals surface area contributed by atoms with Crippen molar-refractivity contribution in [2.75, 3.05) is 17.7 Å². The third-order valence-electron chi connectivity index (χ3n) is 3.19. The lowest BCUT2D eigenvalue weighted by Crippen LogP contribution is -2.07. The predicted octanol–water partition coefficient (Wildman–Crippen LogP) is 4.25. The highest BCUT2D eigenvalue weighted by Crippen LogP contribution is 2.28. The van der Waals surface area contributed by atoms with E-state index in [1.54, 1.807) is 13.0 Å². The van der Waals surface area contributed by atoms with Crippen LogP contribution < -0.4 is 11.1 Å². The normalized spacial score (nSPS) is 11.2. The van der Waals surface area contributed by atoms with Crippen molar-refractivity contribution in [3.05, 3.63) is 64.7 Å². The second-order valence-corrected chi connectivity index (χ2v) is 5.41. The van der Waals surface area contributed by atoms with Crippen molar-refractivity contribution < 1.29 is 9.53 Å². The molecule has 0 atom stereocenters. The van der Waals surface area contributed by atoms with Crippen LogP contribution in [-0.2, 0) is 9.53 Å². The molecule has 2 aromatic carbocycles. The summed E-state index contributed by atoms with van der Waals surface area (Å²) >= 11 is 6.25. The van der Waals surface area contributed by atoms with Crippen LogP contribution >= 0.6 is 11.6 Å². The third kappa shape index (κ3) is 4.50. The first-order valence-electron chi connectivity index (χ1n) is 7.27. The lowest BCUT2D eigenvalue weighted by Gasteiger charge is -2.15. The molecule has 0 saturated carbocycles. The van der Waals surface area contributed by atoms with Gasteiger partial charge in [-0.15, -0.1) is 0 Å². The molecular weight excluding hydrogens is 312 g/mol. The fraction of sp³-hybridized carbons (Fsp3) is 0.167. The summed E-state index contributed by atoms with van der Waals surface area (Å²) < 4.78 is 4.99. The summed E-state index contributed by atoms with van der Waals surface area (Å²) in [5.41, 5.74) is 9.61. The van der Waals surface area contributed by atoms with Gasteiger partial charge in [0.15, 0.2) is 0 Å². The number of rotatable bonds is 5. The van der Waals surface area contributed by atoms with E-state index in [9.17, 15) is 4.79 Å². The number of halogens is 1. The maximum absolute atomic E-state index is 11.9. The Morgan fingerprint density at radius 3 is 2.70 bits per heavy atom. The first-order valence-corrected chi connectivity index (χ1v) is 7.65. The Hall–Kier alpha value is -2.46. The van der Waals surface area contributed by atoms with Gasteiger partial charge >= 0.3 is 5.97 Å². The van der Waals surface area contributed by atoms with E-state index in [0.29, 0.717) is 34.3 Å². The van der Waals surface area contributed by atoms with E-state index in [1.807, 2.05) is 43.3 Å². The SMILES string of the molecule is CCOC(=O)/C=C(/Nc1ccc(C)cc1N)c1ccccc1Cl. The molecule has 0 unspecified atom stereocenters. The third-order valence-corrected chi connectivity index (χ3v) is 3.52. The minimum Gasteiger partial charge on any atom is -0.463 e. The number of carbonyl (C=O) groups is 1. The van der Waals surface area contributed by atoms with E-state index in [1.165, 1.54) is 6.08 Å². The van der Waals surface area contributed by atoms with Crippen LogP contribution in [0.15, 0.2) is 48.5 Å². The lowest BCUT2D eigenvalue weighted by molar-refractivity contribution is -0.137. The van der Waals surface area contributed by atoms with Gasteiger partial charge in [0, 0.05) is 16.7 Å². The van der Waals surface area contributed by atoms with Crippen molar-refractivity contribution in [2.24, 2.45) is 0 Å². The van der Waals surface area contributed by atoms with E-state index < -0.39 is 5.97 Å². The lowest BCUT2D eigenvalue weighted by atomic mass is 10.1. The van der Waals surface area contributed by atoms with E-state index in [0.717, 1.165) is 5.56 Å². The Balaban J connectivity index is 2.42. The number of benzene rings is 2. The van der Waals surface area contributed by atoms with Crippen LogP contribution in [0.1, 0.15) is 18.1 Å². The molecule has 0 bridgehead atoms. The number of ether oxygens (including phenoxy) is 1. The molecule has 0 spiro atoms. The summed E-state index contributed by atoms with van der Waals surface area (Å²) in [7, 11) is 0. The topological polar surface area (TPSA) is 64.3 Å². The molecule has 0 radical (unpaired) electrons. The average Bonchev–Trinajstić information content (AvgIpc) is 2.50. The molecule has 0 heterocycles. The minimum atomic E-state index is -0.444. The molecule has 0 saturated heterocycles. The summed E-state index contributed by atoms with van der Waals surface area (Å²) in [6, 6.07) is 12.9. The van der Waals surface area contributed by atoms with Crippen LogP contribution in [0.5, 0.6) is 0 Å². The minimum absolute atomic E-state index is 0.303.